The highest BCUT2D eigenvalue weighted by molar-refractivity contribution is 5.93. The van der Waals surface area contributed by atoms with E-state index in [0.29, 0.717) is 12.8 Å². The number of carbonyl (C=O) groups is 3. The number of rotatable bonds is 7. The second-order valence-electron chi connectivity index (χ2n) is 10.3. The summed E-state index contributed by atoms with van der Waals surface area (Å²) in [6.07, 6.45) is 1.93. The summed E-state index contributed by atoms with van der Waals surface area (Å²) in [6, 6.07) is 15.2. The average molecular weight is 479 g/mol. The van der Waals surface area contributed by atoms with Gasteiger partial charge in [0.05, 0.1) is 0 Å². The molecule has 2 aliphatic rings. The molecule has 0 aromatic heterocycles. The third kappa shape index (κ3) is 5.04. The molecule has 186 valence electrons. The van der Waals surface area contributed by atoms with Gasteiger partial charge in [-0.2, -0.15) is 0 Å². The summed E-state index contributed by atoms with van der Waals surface area (Å²) in [7, 11) is 0. The highest BCUT2D eigenvalue weighted by Crippen LogP contribution is 2.44. The number of carbonyl (C=O) groups excluding carboxylic acids is 2. The first-order valence-corrected chi connectivity index (χ1v) is 12.4. The van der Waals surface area contributed by atoms with Crippen LogP contribution in [0.2, 0.25) is 0 Å². The maximum atomic E-state index is 13.4. The molecule has 0 radical (unpaired) electrons. The Kier molecular flexibility index (Phi) is 7.15. The van der Waals surface area contributed by atoms with E-state index in [4.69, 9.17) is 4.74 Å². The number of benzene rings is 2. The summed E-state index contributed by atoms with van der Waals surface area (Å²) >= 11 is 0. The van der Waals surface area contributed by atoms with Crippen LogP contribution in [0.4, 0.5) is 4.79 Å². The fourth-order valence-electron chi connectivity index (χ4n) is 5.55. The zero-order valence-electron chi connectivity index (χ0n) is 20.5. The number of fused-ring (bicyclic) bond motifs is 3. The lowest BCUT2D eigenvalue weighted by Crippen LogP contribution is -2.63. The third-order valence-electron chi connectivity index (χ3n) is 7.34. The van der Waals surface area contributed by atoms with Crippen LogP contribution in [0.1, 0.15) is 63.5 Å². The molecular formula is C28H34N2O5. The van der Waals surface area contributed by atoms with Gasteiger partial charge in [0.2, 0.25) is 5.91 Å². The predicted molar refractivity (Wildman–Crippen MR) is 133 cm³/mol. The van der Waals surface area contributed by atoms with Gasteiger partial charge in [-0.1, -0.05) is 82.1 Å². The quantitative estimate of drug-likeness (QED) is 0.535. The number of amides is 2. The van der Waals surface area contributed by atoms with Crippen LogP contribution in [0.15, 0.2) is 48.5 Å². The highest BCUT2D eigenvalue weighted by atomic mass is 16.5. The summed E-state index contributed by atoms with van der Waals surface area (Å²) in [4.78, 5) is 38.1. The van der Waals surface area contributed by atoms with Crippen LogP contribution < -0.4 is 10.6 Å². The van der Waals surface area contributed by atoms with E-state index in [1.54, 1.807) is 13.8 Å². The molecule has 1 saturated carbocycles. The molecule has 2 amide bonds. The van der Waals surface area contributed by atoms with Crippen molar-refractivity contribution in [3.8, 4) is 11.1 Å². The van der Waals surface area contributed by atoms with E-state index in [-0.39, 0.29) is 24.4 Å². The molecule has 2 unspecified atom stereocenters. The maximum absolute atomic E-state index is 13.4. The summed E-state index contributed by atoms with van der Waals surface area (Å²) < 4.78 is 5.71. The standard InChI is InChI=1S/C28H34N2O5/c1-17(2)24(25(31)32)29-26(33)28(14-8-9-18(3)15-28)30-27(34)35-16-23-21-12-6-4-10-19(21)20-11-5-7-13-22(20)23/h4-7,10-13,17-18,23-24H,8-9,14-16H2,1-3H3,(H,29,33)(H,30,34)(H,31,32)/t18?,24-,28?/m0/s1. The molecule has 4 rings (SSSR count). The molecule has 2 aliphatic carbocycles. The van der Waals surface area contributed by atoms with Crippen LogP contribution in [0.3, 0.4) is 0 Å². The van der Waals surface area contributed by atoms with Crippen LogP contribution in [0.5, 0.6) is 0 Å². The summed E-state index contributed by atoms with van der Waals surface area (Å²) in [6.45, 7) is 5.68. The first-order chi connectivity index (χ1) is 16.7. The van der Waals surface area contributed by atoms with Gasteiger partial charge in [0.25, 0.3) is 0 Å². The SMILES string of the molecule is CC1CCCC(NC(=O)OCC2c3ccccc3-c3ccccc32)(C(=O)N[C@H](C(=O)O)C(C)C)C1. The van der Waals surface area contributed by atoms with Gasteiger partial charge in [0, 0.05) is 5.92 Å². The normalized spacial score (nSPS) is 22.1. The second-order valence-corrected chi connectivity index (χ2v) is 10.3. The van der Waals surface area contributed by atoms with E-state index >= 15 is 0 Å². The van der Waals surface area contributed by atoms with Gasteiger partial charge in [-0.05, 0) is 46.9 Å². The van der Waals surface area contributed by atoms with Gasteiger partial charge in [0.15, 0.2) is 0 Å². The Balaban J connectivity index is 1.49. The van der Waals surface area contributed by atoms with Crippen LogP contribution in [-0.4, -0.2) is 41.3 Å². The van der Waals surface area contributed by atoms with Gasteiger partial charge in [-0.3, -0.25) is 4.79 Å². The molecular weight excluding hydrogens is 444 g/mol. The lowest BCUT2D eigenvalue weighted by molar-refractivity contribution is -0.144. The number of carboxylic acid groups (broad SMARTS) is 1. The average Bonchev–Trinajstić information content (AvgIpc) is 3.14. The minimum atomic E-state index is -1.19. The molecule has 2 aromatic rings. The van der Waals surface area contributed by atoms with Crippen LogP contribution in [-0.2, 0) is 14.3 Å². The lowest BCUT2D eigenvalue weighted by atomic mass is 9.75. The maximum Gasteiger partial charge on any atom is 0.408 e. The number of hydrogen-bond donors (Lipinski definition) is 3. The number of ether oxygens (including phenoxy) is 1. The predicted octanol–water partition coefficient (Wildman–Crippen LogP) is 4.70. The first kappa shape index (κ1) is 24.8. The Morgan fingerprint density at radius 3 is 2.20 bits per heavy atom. The van der Waals surface area contributed by atoms with Crippen LogP contribution >= 0.6 is 0 Å². The Morgan fingerprint density at radius 2 is 1.66 bits per heavy atom. The zero-order chi connectivity index (χ0) is 25.2. The fourth-order valence-corrected chi connectivity index (χ4v) is 5.55. The van der Waals surface area contributed by atoms with Gasteiger partial charge >= 0.3 is 12.1 Å². The van der Waals surface area contributed by atoms with Crippen molar-refractivity contribution in [3.05, 3.63) is 59.7 Å². The molecule has 0 spiro atoms. The van der Waals surface area contributed by atoms with Crippen molar-refractivity contribution in [2.45, 2.75) is 64.0 Å². The molecule has 2 aromatic carbocycles. The highest BCUT2D eigenvalue weighted by Gasteiger charge is 2.45. The van der Waals surface area contributed by atoms with Crippen molar-refractivity contribution in [3.63, 3.8) is 0 Å². The third-order valence-corrected chi connectivity index (χ3v) is 7.34. The molecule has 3 N–H and O–H groups in total. The fraction of sp³-hybridized carbons (Fsp3) is 0.464. The first-order valence-electron chi connectivity index (χ1n) is 12.4. The summed E-state index contributed by atoms with van der Waals surface area (Å²) in [5.41, 5.74) is 3.32. The molecule has 7 nitrogen and oxygen atoms in total. The van der Waals surface area contributed by atoms with Crippen LogP contribution in [0.25, 0.3) is 11.1 Å². The van der Waals surface area contributed by atoms with E-state index in [2.05, 4.69) is 34.9 Å². The van der Waals surface area contributed by atoms with E-state index in [1.165, 1.54) is 0 Å². The Labute approximate surface area is 206 Å². The van der Waals surface area contributed by atoms with E-state index < -0.39 is 29.6 Å². The molecule has 0 bridgehead atoms. The Bertz CT molecular complexity index is 1070. The minimum Gasteiger partial charge on any atom is -0.480 e. The van der Waals surface area contributed by atoms with Gasteiger partial charge in [-0.25, -0.2) is 9.59 Å². The van der Waals surface area contributed by atoms with E-state index in [9.17, 15) is 19.5 Å². The molecule has 0 saturated heterocycles. The van der Waals surface area contributed by atoms with Crippen molar-refractivity contribution in [2.75, 3.05) is 6.61 Å². The van der Waals surface area contributed by atoms with E-state index in [0.717, 1.165) is 35.1 Å². The zero-order valence-corrected chi connectivity index (χ0v) is 20.5. The van der Waals surface area contributed by atoms with Gasteiger partial charge in [0.1, 0.15) is 18.2 Å². The molecule has 3 atom stereocenters. The van der Waals surface area contributed by atoms with Gasteiger partial charge in [-0.15, -0.1) is 0 Å². The van der Waals surface area contributed by atoms with E-state index in [1.807, 2.05) is 31.2 Å². The molecule has 1 fully saturated rings. The largest absolute Gasteiger partial charge is 0.480 e. The van der Waals surface area contributed by atoms with Gasteiger partial charge < -0.3 is 20.5 Å². The number of carboxylic acids is 1. The number of aliphatic carboxylic acids is 1. The smallest absolute Gasteiger partial charge is 0.408 e. The Morgan fingerprint density at radius 1 is 1.06 bits per heavy atom. The second kappa shape index (κ2) is 10.1. The molecule has 0 aliphatic heterocycles. The van der Waals surface area contributed by atoms with Crippen molar-refractivity contribution in [2.24, 2.45) is 11.8 Å². The molecule has 0 heterocycles. The number of alkyl carbamates (subject to hydrolysis) is 1. The monoisotopic (exact) mass is 478 g/mol. The molecule has 35 heavy (non-hydrogen) atoms. The van der Waals surface area contributed by atoms with Crippen LogP contribution in [0, 0.1) is 11.8 Å². The van der Waals surface area contributed by atoms with Crippen molar-refractivity contribution in [1.29, 1.82) is 0 Å². The lowest BCUT2D eigenvalue weighted by Gasteiger charge is -2.39. The van der Waals surface area contributed by atoms with Crippen molar-refractivity contribution in [1.82, 2.24) is 10.6 Å². The summed E-state index contributed by atoms with van der Waals surface area (Å²) in [5, 5.41) is 15.1. The van der Waals surface area contributed by atoms with Crippen molar-refractivity contribution < 1.29 is 24.2 Å². The Hall–Kier alpha value is -3.35. The van der Waals surface area contributed by atoms with Crippen molar-refractivity contribution >= 4 is 18.0 Å². The topological polar surface area (TPSA) is 105 Å². The summed E-state index contributed by atoms with van der Waals surface area (Å²) in [5.74, 6) is -1.71. The minimum absolute atomic E-state index is 0.0828. The number of nitrogens with one attached hydrogen (secondary N) is 2. The molecule has 7 heteroatoms. The number of hydrogen-bond acceptors (Lipinski definition) is 4.